The van der Waals surface area contributed by atoms with Crippen molar-refractivity contribution in [1.82, 2.24) is 10.6 Å². The third kappa shape index (κ3) is 6.54. The van der Waals surface area contributed by atoms with Gasteiger partial charge in [-0.05, 0) is 13.3 Å². The molecule has 0 rings (SSSR count). The molecule has 2 N–H and O–H groups in total. The molecule has 0 aromatic carbocycles. The molecule has 0 aromatic rings. The molecule has 4 nitrogen and oxygen atoms in total. The molecule has 1 amide bonds. The molecule has 0 aromatic heterocycles. The van der Waals surface area contributed by atoms with Crippen molar-refractivity contribution in [2.45, 2.75) is 26.3 Å². The second-order valence-electron chi connectivity index (χ2n) is 2.96. The van der Waals surface area contributed by atoms with E-state index >= 15 is 0 Å². The van der Waals surface area contributed by atoms with Gasteiger partial charge in [0.1, 0.15) is 0 Å². The SMILES string of the molecule is CCCNC(=O)C(C)NCCOC. The maximum Gasteiger partial charge on any atom is 0.236 e. The van der Waals surface area contributed by atoms with E-state index in [2.05, 4.69) is 10.6 Å². The molecule has 4 heteroatoms. The highest BCUT2D eigenvalue weighted by Crippen LogP contribution is 1.82. The Morgan fingerprint density at radius 1 is 1.46 bits per heavy atom. The van der Waals surface area contributed by atoms with Crippen molar-refractivity contribution in [3.05, 3.63) is 0 Å². The van der Waals surface area contributed by atoms with Gasteiger partial charge in [-0.3, -0.25) is 4.79 Å². The first-order valence-electron chi connectivity index (χ1n) is 4.72. The normalized spacial score (nSPS) is 12.5. The van der Waals surface area contributed by atoms with Crippen LogP contribution in [0.4, 0.5) is 0 Å². The molecule has 0 saturated heterocycles. The third-order valence-corrected chi connectivity index (χ3v) is 1.70. The average molecular weight is 188 g/mol. The Morgan fingerprint density at radius 2 is 2.15 bits per heavy atom. The van der Waals surface area contributed by atoms with Gasteiger partial charge in [0.25, 0.3) is 0 Å². The van der Waals surface area contributed by atoms with Crippen molar-refractivity contribution >= 4 is 5.91 Å². The van der Waals surface area contributed by atoms with E-state index in [9.17, 15) is 4.79 Å². The second-order valence-corrected chi connectivity index (χ2v) is 2.96. The van der Waals surface area contributed by atoms with Crippen LogP contribution in [-0.4, -0.2) is 38.8 Å². The number of nitrogens with one attached hydrogen (secondary N) is 2. The fourth-order valence-electron chi connectivity index (χ4n) is 0.871. The maximum absolute atomic E-state index is 11.3. The molecule has 13 heavy (non-hydrogen) atoms. The van der Waals surface area contributed by atoms with Gasteiger partial charge in [-0.1, -0.05) is 6.92 Å². The summed E-state index contributed by atoms with van der Waals surface area (Å²) in [5.74, 6) is 0.0537. The molecule has 0 spiro atoms. The number of methoxy groups -OCH3 is 1. The Bertz CT molecular complexity index is 140. The molecule has 0 radical (unpaired) electrons. The van der Waals surface area contributed by atoms with Crippen LogP contribution >= 0.6 is 0 Å². The van der Waals surface area contributed by atoms with E-state index in [0.717, 1.165) is 13.0 Å². The van der Waals surface area contributed by atoms with E-state index in [-0.39, 0.29) is 11.9 Å². The largest absolute Gasteiger partial charge is 0.383 e. The van der Waals surface area contributed by atoms with Gasteiger partial charge >= 0.3 is 0 Å². The molecule has 0 fully saturated rings. The van der Waals surface area contributed by atoms with Gasteiger partial charge in [0.15, 0.2) is 0 Å². The topological polar surface area (TPSA) is 50.4 Å². The molecular formula is C9H20N2O2. The van der Waals surface area contributed by atoms with Crippen LogP contribution in [0.25, 0.3) is 0 Å². The Labute approximate surface area is 80.0 Å². The lowest BCUT2D eigenvalue weighted by Crippen LogP contribution is -2.43. The standard InChI is InChI=1S/C9H20N2O2/c1-4-5-11-9(12)8(2)10-6-7-13-3/h8,10H,4-7H2,1-3H3,(H,11,12). The van der Waals surface area contributed by atoms with Crippen LogP contribution in [-0.2, 0) is 9.53 Å². The van der Waals surface area contributed by atoms with E-state index in [4.69, 9.17) is 4.74 Å². The van der Waals surface area contributed by atoms with Gasteiger partial charge in [-0.25, -0.2) is 0 Å². The van der Waals surface area contributed by atoms with Gasteiger partial charge in [-0.2, -0.15) is 0 Å². The molecule has 78 valence electrons. The summed E-state index contributed by atoms with van der Waals surface area (Å²) in [4.78, 5) is 11.3. The average Bonchev–Trinajstić information content (AvgIpc) is 2.14. The van der Waals surface area contributed by atoms with Crippen molar-refractivity contribution < 1.29 is 9.53 Å². The minimum atomic E-state index is -0.137. The lowest BCUT2D eigenvalue weighted by molar-refractivity contribution is -0.122. The molecule has 0 aliphatic rings. The van der Waals surface area contributed by atoms with Crippen LogP contribution in [0.2, 0.25) is 0 Å². The molecule has 1 atom stereocenters. The third-order valence-electron chi connectivity index (χ3n) is 1.70. The number of rotatable bonds is 7. The highest BCUT2D eigenvalue weighted by atomic mass is 16.5. The van der Waals surface area contributed by atoms with Crippen molar-refractivity contribution in [3.63, 3.8) is 0 Å². The molecule has 0 saturated carbocycles. The van der Waals surface area contributed by atoms with E-state index in [1.54, 1.807) is 7.11 Å². The van der Waals surface area contributed by atoms with Gasteiger partial charge < -0.3 is 15.4 Å². The maximum atomic E-state index is 11.3. The van der Waals surface area contributed by atoms with Crippen LogP contribution < -0.4 is 10.6 Å². The van der Waals surface area contributed by atoms with Crippen molar-refractivity contribution in [2.75, 3.05) is 26.8 Å². The van der Waals surface area contributed by atoms with Gasteiger partial charge in [0, 0.05) is 20.2 Å². The lowest BCUT2D eigenvalue weighted by atomic mass is 10.3. The molecule has 0 aliphatic heterocycles. The van der Waals surface area contributed by atoms with Crippen LogP contribution in [0.3, 0.4) is 0 Å². The fraction of sp³-hybridized carbons (Fsp3) is 0.889. The summed E-state index contributed by atoms with van der Waals surface area (Å²) in [6, 6.07) is -0.137. The summed E-state index contributed by atoms with van der Waals surface area (Å²) in [7, 11) is 1.64. The highest BCUT2D eigenvalue weighted by molar-refractivity contribution is 5.81. The Morgan fingerprint density at radius 3 is 2.69 bits per heavy atom. The number of carbonyl (C=O) groups excluding carboxylic acids is 1. The van der Waals surface area contributed by atoms with Crippen LogP contribution in [0, 0.1) is 0 Å². The predicted molar refractivity (Wildman–Crippen MR) is 52.6 cm³/mol. The van der Waals surface area contributed by atoms with E-state index in [1.807, 2.05) is 13.8 Å². The van der Waals surface area contributed by atoms with Crippen molar-refractivity contribution in [3.8, 4) is 0 Å². The first-order valence-corrected chi connectivity index (χ1v) is 4.72. The summed E-state index contributed by atoms with van der Waals surface area (Å²) in [5, 5.41) is 5.87. The lowest BCUT2D eigenvalue weighted by Gasteiger charge is -2.12. The molecule has 0 heterocycles. The Kier molecular flexibility index (Phi) is 7.63. The van der Waals surface area contributed by atoms with Crippen LogP contribution in [0.5, 0.6) is 0 Å². The molecule has 1 unspecified atom stereocenters. The first-order chi connectivity index (χ1) is 6.22. The van der Waals surface area contributed by atoms with Gasteiger partial charge in [0.2, 0.25) is 5.91 Å². The first kappa shape index (κ1) is 12.4. The van der Waals surface area contributed by atoms with E-state index in [1.165, 1.54) is 0 Å². The number of ether oxygens (including phenoxy) is 1. The summed E-state index contributed by atoms with van der Waals surface area (Å²) >= 11 is 0. The zero-order valence-corrected chi connectivity index (χ0v) is 8.72. The summed E-state index contributed by atoms with van der Waals surface area (Å²) in [6.45, 7) is 5.96. The Hall–Kier alpha value is -0.610. The fourth-order valence-corrected chi connectivity index (χ4v) is 0.871. The van der Waals surface area contributed by atoms with Crippen molar-refractivity contribution in [2.24, 2.45) is 0 Å². The van der Waals surface area contributed by atoms with Gasteiger partial charge in [-0.15, -0.1) is 0 Å². The summed E-state index contributed by atoms with van der Waals surface area (Å²) in [6.07, 6.45) is 0.969. The van der Waals surface area contributed by atoms with Crippen LogP contribution in [0.15, 0.2) is 0 Å². The van der Waals surface area contributed by atoms with E-state index in [0.29, 0.717) is 13.2 Å². The number of amides is 1. The second kappa shape index (κ2) is 8.01. The molecular weight excluding hydrogens is 168 g/mol. The van der Waals surface area contributed by atoms with E-state index < -0.39 is 0 Å². The Balaban J connectivity index is 3.45. The monoisotopic (exact) mass is 188 g/mol. The van der Waals surface area contributed by atoms with Crippen LogP contribution in [0.1, 0.15) is 20.3 Å². The summed E-state index contributed by atoms with van der Waals surface area (Å²) < 4.78 is 4.86. The smallest absolute Gasteiger partial charge is 0.236 e. The number of hydrogen-bond donors (Lipinski definition) is 2. The minimum absolute atomic E-state index is 0.0537. The van der Waals surface area contributed by atoms with Crippen molar-refractivity contribution in [1.29, 1.82) is 0 Å². The number of carbonyl (C=O) groups is 1. The summed E-state index contributed by atoms with van der Waals surface area (Å²) in [5.41, 5.74) is 0. The number of hydrogen-bond acceptors (Lipinski definition) is 3. The minimum Gasteiger partial charge on any atom is -0.383 e. The van der Waals surface area contributed by atoms with Gasteiger partial charge in [0.05, 0.1) is 12.6 Å². The zero-order valence-electron chi connectivity index (χ0n) is 8.72. The highest BCUT2D eigenvalue weighted by Gasteiger charge is 2.09. The zero-order chi connectivity index (χ0) is 10.1. The molecule has 0 bridgehead atoms. The predicted octanol–water partition coefficient (Wildman–Crippen LogP) is 0.137. The molecule has 0 aliphatic carbocycles. The quantitative estimate of drug-likeness (QED) is 0.559.